The summed E-state index contributed by atoms with van der Waals surface area (Å²) in [7, 11) is 0. The maximum atomic E-state index is 11.6. The van der Waals surface area contributed by atoms with Gasteiger partial charge in [-0.05, 0) is 6.92 Å². The molecule has 7 nitrogen and oxygen atoms in total. The second-order valence-electron chi connectivity index (χ2n) is 3.68. The fraction of sp³-hybridized carbons (Fsp3) is 0.500. The molecule has 3 N–H and O–H groups in total. The van der Waals surface area contributed by atoms with Gasteiger partial charge in [0.05, 0.1) is 25.3 Å². The van der Waals surface area contributed by atoms with Gasteiger partial charge in [0, 0.05) is 6.61 Å². The molecule has 0 saturated carbocycles. The van der Waals surface area contributed by atoms with E-state index in [4.69, 9.17) is 10.5 Å². The largest absolute Gasteiger partial charge is 0.383 e. The van der Waals surface area contributed by atoms with Crippen LogP contribution in [0.4, 0.5) is 5.82 Å². The zero-order valence-corrected chi connectivity index (χ0v) is 9.52. The van der Waals surface area contributed by atoms with Crippen LogP contribution in [0.1, 0.15) is 23.0 Å². The minimum absolute atomic E-state index is 0.0902. The lowest BCUT2D eigenvalue weighted by atomic mass is 10.1. The van der Waals surface area contributed by atoms with Crippen molar-refractivity contribution >= 4 is 17.6 Å². The van der Waals surface area contributed by atoms with E-state index in [0.29, 0.717) is 31.0 Å². The third kappa shape index (κ3) is 2.14. The monoisotopic (exact) mass is 238 g/mol. The Labute approximate surface area is 97.9 Å². The number of carbonyl (C=O) groups excluding carboxylic acids is 2. The van der Waals surface area contributed by atoms with Crippen LogP contribution in [-0.4, -0.2) is 34.8 Å². The summed E-state index contributed by atoms with van der Waals surface area (Å²) in [6.07, 6.45) is 0.0902. The number of carbonyl (C=O) groups is 2. The maximum absolute atomic E-state index is 11.6. The van der Waals surface area contributed by atoms with Gasteiger partial charge in [-0.3, -0.25) is 14.9 Å². The highest BCUT2D eigenvalue weighted by Gasteiger charge is 2.29. The van der Waals surface area contributed by atoms with Gasteiger partial charge < -0.3 is 10.5 Å². The van der Waals surface area contributed by atoms with Gasteiger partial charge in [-0.15, -0.1) is 0 Å². The van der Waals surface area contributed by atoms with Crippen LogP contribution in [0.3, 0.4) is 0 Å². The molecule has 0 atom stereocenters. The van der Waals surface area contributed by atoms with Gasteiger partial charge in [-0.2, -0.15) is 5.10 Å². The van der Waals surface area contributed by atoms with E-state index < -0.39 is 5.91 Å². The van der Waals surface area contributed by atoms with Gasteiger partial charge in [0.2, 0.25) is 5.91 Å². The summed E-state index contributed by atoms with van der Waals surface area (Å²) in [6.45, 7) is 3.44. The van der Waals surface area contributed by atoms with Crippen LogP contribution in [0, 0.1) is 0 Å². The van der Waals surface area contributed by atoms with E-state index in [-0.39, 0.29) is 18.1 Å². The molecule has 0 spiro atoms. The number of nitrogens with two attached hydrogens (primary N) is 1. The molecule has 0 saturated heterocycles. The SMILES string of the molecule is CCOCCn1nc2c(c1N)C(=O)NC(=O)C2. The van der Waals surface area contributed by atoms with Gasteiger partial charge in [0.15, 0.2) is 0 Å². The average Bonchev–Trinajstić information content (AvgIpc) is 2.56. The fourth-order valence-electron chi connectivity index (χ4n) is 1.75. The summed E-state index contributed by atoms with van der Waals surface area (Å²) < 4.78 is 6.69. The Hall–Kier alpha value is -1.89. The molecule has 0 radical (unpaired) electrons. The summed E-state index contributed by atoms with van der Waals surface area (Å²) in [6, 6.07) is 0. The summed E-state index contributed by atoms with van der Waals surface area (Å²) in [5, 5.41) is 6.37. The quantitative estimate of drug-likeness (QED) is 0.534. The Bertz CT molecular complexity index is 466. The molecule has 2 amide bonds. The molecule has 92 valence electrons. The predicted molar refractivity (Wildman–Crippen MR) is 59.3 cm³/mol. The Kier molecular flexibility index (Phi) is 3.10. The lowest BCUT2D eigenvalue weighted by Gasteiger charge is -2.09. The molecular weight excluding hydrogens is 224 g/mol. The number of ether oxygens (including phenoxy) is 1. The zero-order chi connectivity index (χ0) is 12.4. The van der Waals surface area contributed by atoms with Crippen LogP contribution in [0.25, 0.3) is 0 Å². The highest BCUT2D eigenvalue weighted by atomic mass is 16.5. The van der Waals surface area contributed by atoms with Crippen LogP contribution in [0.2, 0.25) is 0 Å². The highest BCUT2D eigenvalue weighted by molar-refractivity contribution is 6.11. The molecule has 0 unspecified atom stereocenters. The topological polar surface area (TPSA) is 99.2 Å². The van der Waals surface area contributed by atoms with E-state index in [1.807, 2.05) is 6.92 Å². The maximum Gasteiger partial charge on any atom is 0.263 e. The van der Waals surface area contributed by atoms with E-state index in [0.717, 1.165) is 0 Å². The predicted octanol–water partition coefficient (Wildman–Crippen LogP) is -0.686. The Morgan fingerprint density at radius 1 is 1.53 bits per heavy atom. The first-order valence-corrected chi connectivity index (χ1v) is 5.40. The summed E-state index contributed by atoms with van der Waals surface area (Å²) in [5.74, 6) is -0.543. The van der Waals surface area contributed by atoms with E-state index >= 15 is 0 Å². The van der Waals surface area contributed by atoms with Crippen molar-refractivity contribution in [1.82, 2.24) is 15.1 Å². The number of anilines is 1. The van der Waals surface area contributed by atoms with Crippen LogP contribution < -0.4 is 11.1 Å². The highest BCUT2D eigenvalue weighted by Crippen LogP contribution is 2.20. The third-order valence-corrected chi connectivity index (χ3v) is 2.52. The third-order valence-electron chi connectivity index (χ3n) is 2.52. The van der Waals surface area contributed by atoms with Gasteiger partial charge >= 0.3 is 0 Å². The Balaban J connectivity index is 2.23. The Morgan fingerprint density at radius 3 is 3.00 bits per heavy atom. The molecule has 2 rings (SSSR count). The van der Waals surface area contributed by atoms with Crippen molar-refractivity contribution < 1.29 is 14.3 Å². The normalized spacial score (nSPS) is 14.6. The van der Waals surface area contributed by atoms with Crippen molar-refractivity contribution in [2.45, 2.75) is 19.9 Å². The molecule has 1 aliphatic heterocycles. The number of amides is 2. The van der Waals surface area contributed by atoms with E-state index in [1.54, 1.807) is 0 Å². The molecule has 1 aliphatic rings. The number of nitrogens with one attached hydrogen (secondary N) is 1. The van der Waals surface area contributed by atoms with Gasteiger partial charge in [-0.25, -0.2) is 4.68 Å². The van der Waals surface area contributed by atoms with Crippen LogP contribution in [0.15, 0.2) is 0 Å². The van der Waals surface area contributed by atoms with Gasteiger partial charge in [0.1, 0.15) is 11.4 Å². The molecule has 0 aliphatic carbocycles. The van der Waals surface area contributed by atoms with Crippen molar-refractivity contribution in [3.63, 3.8) is 0 Å². The number of hydrogen-bond acceptors (Lipinski definition) is 5. The van der Waals surface area contributed by atoms with Crippen molar-refractivity contribution in [2.24, 2.45) is 0 Å². The Morgan fingerprint density at radius 2 is 2.29 bits per heavy atom. The lowest BCUT2D eigenvalue weighted by molar-refractivity contribution is -0.119. The molecule has 1 aromatic rings. The van der Waals surface area contributed by atoms with Crippen molar-refractivity contribution in [3.8, 4) is 0 Å². The minimum Gasteiger partial charge on any atom is -0.383 e. The van der Waals surface area contributed by atoms with Crippen LogP contribution >= 0.6 is 0 Å². The number of aromatic nitrogens is 2. The number of imide groups is 1. The minimum atomic E-state index is -0.476. The molecule has 1 aromatic heterocycles. The molecule has 0 bridgehead atoms. The van der Waals surface area contributed by atoms with Crippen molar-refractivity contribution in [2.75, 3.05) is 18.9 Å². The summed E-state index contributed by atoms with van der Waals surface area (Å²) >= 11 is 0. The number of hydrogen-bond donors (Lipinski definition) is 2. The molecule has 7 heteroatoms. The van der Waals surface area contributed by atoms with E-state index in [2.05, 4.69) is 10.4 Å². The van der Waals surface area contributed by atoms with E-state index in [9.17, 15) is 9.59 Å². The van der Waals surface area contributed by atoms with Gasteiger partial charge in [-0.1, -0.05) is 0 Å². The fourth-order valence-corrected chi connectivity index (χ4v) is 1.75. The standard InChI is InChI=1S/C10H14N4O3/c1-2-17-4-3-14-9(11)8-6(13-14)5-7(15)12-10(8)16/h2-5,11H2,1H3,(H,12,15,16). The summed E-state index contributed by atoms with van der Waals surface area (Å²) in [5.41, 5.74) is 6.56. The number of fused-ring (bicyclic) bond motifs is 1. The number of nitrogen functional groups attached to an aromatic ring is 1. The first kappa shape index (κ1) is 11.6. The molecule has 0 aromatic carbocycles. The second-order valence-corrected chi connectivity index (χ2v) is 3.68. The summed E-state index contributed by atoms with van der Waals surface area (Å²) in [4.78, 5) is 22.7. The van der Waals surface area contributed by atoms with Crippen molar-refractivity contribution in [3.05, 3.63) is 11.3 Å². The molecule has 2 heterocycles. The van der Waals surface area contributed by atoms with Crippen LogP contribution in [0.5, 0.6) is 0 Å². The van der Waals surface area contributed by atoms with Crippen LogP contribution in [-0.2, 0) is 22.5 Å². The molecule has 17 heavy (non-hydrogen) atoms. The number of nitrogens with zero attached hydrogens (tertiary/aromatic N) is 2. The first-order chi connectivity index (χ1) is 8.13. The lowest BCUT2D eigenvalue weighted by Crippen LogP contribution is -2.37. The second kappa shape index (κ2) is 4.54. The van der Waals surface area contributed by atoms with E-state index in [1.165, 1.54) is 4.68 Å². The smallest absolute Gasteiger partial charge is 0.263 e. The first-order valence-electron chi connectivity index (χ1n) is 5.40. The van der Waals surface area contributed by atoms with Gasteiger partial charge in [0.25, 0.3) is 5.91 Å². The average molecular weight is 238 g/mol. The zero-order valence-electron chi connectivity index (χ0n) is 9.52. The van der Waals surface area contributed by atoms with Crippen molar-refractivity contribution in [1.29, 1.82) is 0 Å². The molecular formula is C10H14N4O3. The molecule has 0 fully saturated rings. The number of rotatable bonds is 4.